The number of hydrogen-bond acceptors (Lipinski definition) is 4. The van der Waals surface area contributed by atoms with Gasteiger partial charge in [0.1, 0.15) is 5.75 Å². The van der Waals surface area contributed by atoms with Crippen LogP contribution in [-0.4, -0.2) is 37.7 Å². The highest BCUT2D eigenvalue weighted by Crippen LogP contribution is 2.47. The van der Waals surface area contributed by atoms with Crippen LogP contribution in [0.1, 0.15) is 30.9 Å². The summed E-state index contributed by atoms with van der Waals surface area (Å²) in [4.78, 5) is 14.7. The Morgan fingerprint density at radius 2 is 1.55 bits per heavy atom. The maximum Gasteiger partial charge on any atom is 0.223 e. The van der Waals surface area contributed by atoms with E-state index < -0.39 is 0 Å². The average molecular weight is 391 g/mol. The summed E-state index contributed by atoms with van der Waals surface area (Å²) in [6.07, 6.45) is 2.40. The first-order valence-electron chi connectivity index (χ1n) is 9.97. The molecule has 5 rings (SSSR count). The van der Waals surface area contributed by atoms with Crippen LogP contribution >= 0.6 is 0 Å². The van der Waals surface area contributed by atoms with Crippen molar-refractivity contribution in [2.75, 3.05) is 21.3 Å². The lowest BCUT2D eigenvalue weighted by Crippen LogP contribution is -2.47. The SMILES string of the molecule is COc1ccc2c3c(c4cc(OC)c(OC)cc4c2c1)CN1C(=O)CCC1(C)C3. The van der Waals surface area contributed by atoms with E-state index in [-0.39, 0.29) is 11.4 Å². The minimum Gasteiger partial charge on any atom is -0.497 e. The molecule has 0 radical (unpaired) electrons. The normalized spacial score (nSPS) is 20.7. The van der Waals surface area contributed by atoms with Crippen LogP contribution in [0.3, 0.4) is 0 Å². The Labute approximate surface area is 170 Å². The van der Waals surface area contributed by atoms with Gasteiger partial charge in [0.2, 0.25) is 5.91 Å². The number of carbonyl (C=O) groups is 1. The zero-order valence-electron chi connectivity index (χ0n) is 17.3. The zero-order chi connectivity index (χ0) is 20.3. The number of ether oxygens (including phenoxy) is 3. The fourth-order valence-electron chi connectivity index (χ4n) is 5.14. The summed E-state index contributed by atoms with van der Waals surface area (Å²) in [5, 5.41) is 4.56. The number of carbonyl (C=O) groups excluding carboxylic acids is 1. The third-order valence-corrected chi connectivity index (χ3v) is 6.76. The van der Waals surface area contributed by atoms with Crippen LogP contribution in [0.5, 0.6) is 17.2 Å². The minimum atomic E-state index is -0.110. The summed E-state index contributed by atoms with van der Waals surface area (Å²) in [5.74, 6) is 2.47. The number of methoxy groups -OCH3 is 3. The molecule has 0 saturated carbocycles. The molecule has 0 aliphatic carbocycles. The van der Waals surface area contributed by atoms with E-state index in [0.717, 1.165) is 34.7 Å². The molecule has 1 fully saturated rings. The lowest BCUT2D eigenvalue weighted by Gasteiger charge is -2.41. The van der Waals surface area contributed by atoms with Gasteiger partial charge in [0.25, 0.3) is 0 Å². The van der Waals surface area contributed by atoms with Crippen molar-refractivity contribution < 1.29 is 19.0 Å². The highest BCUT2D eigenvalue weighted by molar-refractivity contribution is 6.12. The van der Waals surface area contributed by atoms with Crippen LogP contribution in [0.2, 0.25) is 0 Å². The molecule has 29 heavy (non-hydrogen) atoms. The van der Waals surface area contributed by atoms with E-state index in [1.807, 2.05) is 12.1 Å². The molecule has 2 aliphatic rings. The molecule has 1 atom stereocenters. The molecule has 5 nitrogen and oxygen atoms in total. The molecule has 0 aromatic heterocycles. The molecule has 3 aromatic rings. The molecule has 2 aliphatic heterocycles. The van der Waals surface area contributed by atoms with Gasteiger partial charge in [-0.2, -0.15) is 0 Å². The smallest absolute Gasteiger partial charge is 0.223 e. The quantitative estimate of drug-likeness (QED) is 0.619. The van der Waals surface area contributed by atoms with Gasteiger partial charge in [-0.15, -0.1) is 0 Å². The molecule has 0 spiro atoms. The van der Waals surface area contributed by atoms with E-state index in [0.29, 0.717) is 24.5 Å². The predicted molar refractivity (Wildman–Crippen MR) is 113 cm³/mol. The Hall–Kier alpha value is -2.95. The molecule has 150 valence electrons. The van der Waals surface area contributed by atoms with E-state index in [1.165, 1.54) is 16.5 Å². The second-order valence-electron chi connectivity index (χ2n) is 8.27. The lowest BCUT2D eigenvalue weighted by atomic mass is 9.79. The average Bonchev–Trinajstić information content (AvgIpc) is 3.05. The summed E-state index contributed by atoms with van der Waals surface area (Å²) in [6, 6.07) is 10.4. The maximum absolute atomic E-state index is 12.6. The van der Waals surface area contributed by atoms with Crippen LogP contribution in [0.15, 0.2) is 30.3 Å². The topological polar surface area (TPSA) is 48.0 Å². The fourth-order valence-corrected chi connectivity index (χ4v) is 5.14. The molecular formula is C24H25NO4. The summed E-state index contributed by atoms with van der Waals surface area (Å²) < 4.78 is 16.7. The molecule has 3 aromatic carbocycles. The number of rotatable bonds is 3. The molecule has 1 unspecified atom stereocenters. The van der Waals surface area contributed by atoms with Crippen LogP contribution in [0.4, 0.5) is 0 Å². The highest BCUT2D eigenvalue weighted by Gasteiger charge is 2.45. The Balaban J connectivity index is 1.89. The number of hydrogen-bond donors (Lipinski definition) is 0. The number of benzene rings is 3. The van der Waals surface area contributed by atoms with Crippen molar-refractivity contribution in [1.82, 2.24) is 4.90 Å². The van der Waals surface area contributed by atoms with E-state index in [9.17, 15) is 4.79 Å². The largest absolute Gasteiger partial charge is 0.497 e. The summed E-state index contributed by atoms with van der Waals surface area (Å²) in [6.45, 7) is 2.85. The van der Waals surface area contributed by atoms with Gasteiger partial charge in [-0.3, -0.25) is 4.79 Å². The van der Waals surface area contributed by atoms with Crippen molar-refractivity contribution in [3.63, 3.8) is 0 Å². The molecule has 5 heteroatoms. The second-order valence-corrected chi connectivity index (χ2v) is 8.27. The van der Waals surface area contributed by atoms with Crippen molar-refractivity contribution in [2.24, 2.45) is 0 Å². The van der Waals surface area contributed by atoms with Gasteiger partial charge in [0, 0.05) is 18.5 Å². The van der Waals surface area contributed by atoms with Gasteiger partial charge >= 0.3 is 0 Å². The first-order chi connectivity index (χ1) is 14.0. The van der Waals surface area contributed by atoms with Crippen molar-refractivity contribution in [2.45, 2.75) is 38.3 Å². The molecule has 0 bridgehead atoms. The fraction of sp³-hybridized carbons (Fsp3) is 0.375. The van der Waals surface area contributed by atoms with Crippen molar-refractivity contribution in [3.8, 4) is 17.2 Å². The Bertz CT molecular complexity index is 1170. The van der Waals surface area contributed by atoms with Gasteiger partial charge in [-0.05, 0) is 76.7 Å². The Morgan fingerprint density at radius 1 is 0.862 bits per heavy atom. The highest BCUT2D eigenvalue weighted by atomic mass is 16.5. The Kier molecular flexibility index (Phi) is 3.92. The van der Waals surface area contributed by atoms with Crippen molar-refractivity contribution in [3.05, 3.63) is 41.5 Å². The summed E-state index contributed by atoms with van der Waals surface area (Å²) in [5.41, 5.74) is 2.43. The van der Waals surface area contributed by atoms with E-state index in [1.54, 1.807) is 21.3 Å². The van der Waals surface area contributed by atoms with Gasteiger partial charge in [0.15, 0.2) is 11.5 Å². The first-order valence-corrected chi connectivity index (χ1v) is 9.97. The number of nitrogens with zero attached hydrogens (tertiary/aromatic N) is 1. The van der Waals surface area contributed by atoms with Gasteiger partial charge in [-0.1, -0.05) is 6.07 Å². The zero-order valence-corrected chi connectivity index (χ0v) is 17.3. The molecular weight excluding hydrogens is 366 g/mol. The van der Waals surface area contributed by atoms with Gasteiger partial charge in [0.05, 0.1) is 21.3 Å². The molecule has 1 saturated heterocycles. The third kappa shape index (κ3) is 2.49. The molecule has 1 amide bonds. The molecule has 2 heterocycles. The van der Waals surface area contributed by atoms with Gasteiger partial charge in [-0.25, -0.2) is 0 Å². The molecule has 0 N–H and O–H groups in total. The van der Waals surface area contributed by atoms with Crippen LogP contribution in [0.25, 0.3) is 21.5 Å². The Morgan fingerprint density at radius 3 is 2.24 bits per heavy atom. The van der Waals surface area contributed by atoms with E-state index in [2.05, 4.69) is 30.0 Å². The minimum absolute atomic E-state index is 0.110. The first kappa shape index (κ1) is 18.1. The third-order valence-electron chi connectivity index (χ3n) is 6.76. The second kappa shape index (κ2) is 6.28. The number of amides is 1. The van der Waals surface area contributed by atoms with Crippen LogP contribution in [0, 0.1) is 0 Å². The maximum atomic E-state index is 12.6. The van der Waals surface area contributed by atoms with Crippen molar-refractivity contribution in [1.29, 1.82) is 0 Å². The van der Waals surface area contributed by atoms with E-state index >= 15 is 0 Å². The van der Waals surface area contributed by atoms with Crippen LogP contribution < -0.4 is 14.2 Å². The van der Waals surface area contributed by atoms with Crippen LogP contribution in [-0.2, 0) is 17.8 Å². The summed E-state index contributed by atoms with van der Waals surface area (Å²) >= 11 is 0. The standard InChI is InChI=1S/C24H25NO4/c1-24-8-7-23(26)25(24)13-20-18-11-22(29-4)21(28-3)10-17(18)16-9-14(27-2)5-6-15(16)19(20)12-24/h5-6,9-11H,7-8,12-13H2,1-4H3. The predicted octanol–water partition coefficient (Wildman–Crippen LogP) is 4.46. The monoisotopic (exact) mass is 391 g/mol. The lowest BCUT2D eigenvalue weighted by molar-refractivity contribution is -0.132. The summed E-state index contributed by atoms with van der Waals surface area (Å²) in [7, 11) is 4.99. The van der Waals surface area contributed by atoms with Gasteiger partial charge < -0.3 is 19.1 Å². The van der Waals surface area contributed by atoms with Crippen molar-refractivity contribution >= 4 is 27.5 Å². The number of fused-ring (bicyclic) bond motifs is 7. The van der Waals surface area contributed by atoms with E-state index in [4.69, 9.17) is 14.2 Å².